The van der Waals surface area contributed by atoms with Crippen molar-refractivity contribution in [3.05, 3.63) is 34.7 Å². The Labute approximate surface area is 111 Å². The highest BCUT2D eigenvalue weighted by Gasteiger charge is 2.02. The maximum Gasteiger partial charge on any atom is 0.225 e. The first-order valence-corrected chi connectivity index (χ1v) is 6.88. The molecular formula is C13H17N3OS. The van der Waals surface area contributed by atoms with Gasteiger partial charge in [-0.1, -0.05) is 6.07 Å². The van der Waals surface area contributed by atoms with Crippen LogP contribution in [0.25, 0.3) is 0 Å². The van der Waals surface area contributed by atoms with Crippen LogP contribution in [0.4, 0.5) is 5.95 Å². The van der Waals surface area contributed by atoms with Gasteiger partial charge in [0.25, 0.3) is 0 Å². The summed E-state index contributed by atoms with van der Waals surface area (Å²) in [6.07, 6.45) is 2.81. The van der Waals surface area contributed by atoms with Gasteiger partial charge in [-0.3, -0.25) is 0 Å². The van der Waals surface area contributed by atoms with Crippen LogP contribution in [-0.4, -0.2) is 22.6 Å². The monoisotopic (exact) mass is 263 g/mol. The lowest BCUT2D eigenvalue weighted by molar-refractivity contribution is 0.232. The second kappa shape index (κ2) is 6.35. The Morgan fingerprint density at radius 3 is 3.00 bits per heavy atom. The first-order chi connectivity index (χ1) is 8.74. The Balaban J connectivity index is 1.85. The van der Waals surface area contributed by atoms with Crippen molar-refractivity contribution in [2.45, 2.75) is 26.4 Å². The van der Waals surface area contributed by atoms with E-state index in [0.29, 0.717) is 11.8 Å². The fourth-order valence-electron chi connectivity index (χ4n) is 1.49. The highest BCUT2D eigenvalue weighted by molar-refractivity contribution is 7.09. The zero-order valence-electron chi connectivity index (χ0n) is 10.6. The number of hydrogen-bond donors (Lipinski definition) is 1. The molecule has 2 aromatic heterocycles. The van der Waals surface area contributed by atoms with Crippen molar-refractivity contribution in [3.8, 4) is 5.88 Å². The van der Waals surface area contributed by atoms with Gasteiger partial charge in [-0.15, -0.1) is 11.3 Å². The molecule has 0 atom stereocenters. The summed E-state index contributed by atoms with van der Waals surface area (Å²) in [6.45, 7) is 4.78. The first kappa shape index (κ1) is 12.8. The summed E-state index contributed by atoms with van der Waals surface area (Å²) in [6, 6.07) is 5.96. The Bertz CT molecular complexity index is 471. The molecule has 18 heavy (non-hydrogen) atoms. The average molecular weight is 263 g/mol. The van der Waals surface area contributed by atoms with Crippen LogP contribution in [0.5, 0.6) is 5.88 Å². The van der Waals surface area contributed by atoms with Gasteiger partial charge in [-0.05, 0) is 31.7 Å². The molecule has 0 bridgehead atoms. The van der Waals surface area contributed by atoms with E-state index in [1.807, 2.05) is 13.8 Å². The minimum atomic E-state index is 0.124. The lowest BCUT2D eigenvalue weighted by Gasteiger charge is -2.09. The summed E-state index contributed by atoms with van der Waals surface area (Å²) >= 11 is 1.76. The second-order valence-corrected chi connectivity index (χ2v) is 5.17. The van der Waals surface area contributed by atoms with E-state index in [2.05, 4.69) is 32.8 Å². The molecule has 2 aromatic rings. The third-order valence-electron chi connectivity index (χ3n) is 2.22. The van der Waals surface area contributed by atoms with E-state index in [0.717, 1.165) is 13.0 Å². The van der Waals surface area contributed by atoms with Gasteiger partial charge in [0.05, 0.1) is 6.10 Å². The summed E-state index contributed by atoms with van der Waals surface area (Å²) < 4.78 is 5.52. The highest BCUT2D eigenvalue weighted by Crippen LogP contribution is 2.11. The van der Waals surface area contributed by atoms with Gasteiger partial charge in [0.1, 0.15) is 0 Å². The van der Waals surface area contributed by atoms with Crippen molar-refractivity contribution in [3.63, 3.8) is 0 Å². The largest absolute Gasteiger partial charge is 0.475 e. The molecule has 2 rings (SSSR count). The van der Waals surface area contributed by atoms with Gasteiger partial charge >= 0.3 is 0 Å². The number of aromatic nitrogens is 2. The van der Waals surface area contributed by atoms with Crippen LogP contribution < -0.4 is 10.1 Å². The molecule has 0 saturated carbocycles. The van der Waals surface area contributed by atoms with Crippen molar-refractivity contribution >= 4 is 17.3 Å². The maximum absolute atomic E-state index is 5.52. The molecule has 0 aromatic carbocycles. The molecule has 0 radical (unpaired) electrons. The van der Waals surface area contributed by atoms with E-state index in [4.69, 9.17) is 4.74 Å². The van der Waals surface area contributed by atoms with Crippen molar-refractivity contribution in [1.82, 2.24) is 9.97 Å². The Hall–Kier alpha value is -1.62. The molecule has 1 N–H and O–H groups in total. The molecule has 5 heteroatoms. The molecule has 96 valence electrons. The van der Waals surface area contributed by atoms with Gasteiger partial charge in [0, 0.05) is 23.7 Å². The lowest BCUT2D eigenvalue weighted by atomic mass is 10.3. The molecule has 4 nitrogen and oxygen atoms in total. The molecule has 2 heterocycles. The minimum Gasteiger partial charge on any atom is -0.475 e. The Morgan fingerprint density at radius 1 is 1.39 bits per heavy atom. The van der Waals surface area contributed by atoms with Crippen molar-refractivity contribution in [1.29, 1.82) is 0 Å². The molecule has 0 fully saturated rings. The van der Waals surface area contributed by atoms with Crippen LogP contribution in [0.2, 0.25) is 0 Å². The highest BCUT2D eigenvalue weighted by atomic mass is 32.1. The van der Waals surface area contributed by atoms with Crippen LogP contribution in [0.15, 0.2) is 29.8 Å². The zero-order chi connectivity index (χ0) is 12.8. The van der Waals surface area contributed by atoms with Crippen LogP contribution in [0.3, 0.4) is 0 Å². The standard InChI is InChI=1S/C13H17N3OS/c1-10(2)17-12-6-8-15-13(16-12)14-7-5-11-4-3-9-18-11/h3-4,6,8-10H,5,7H2,1-2H3,(H,14,15,16). The molecule has 0 unspecified atom stereocenters. The van der Waals surface area contributed by atoms with Gasteiger partial charge < -0.3 is 10.1 Å². The van der Waals surface area contributed by atoms with Crippen molar-refractivity contribution in [2.24, 2.45) is 0 Å². The number of anilines is 1. The number of hydrogen-bond acceptors (Lipinski definition) is 5. The Kier molecular flexibility index (Phi) is 4.52. The predicted molar refractivity (Wildman–Crippen MR) is 74.3 cm³/mol. The van der Waals surface area contributed by atoms with E-state index in [1.54, 1.807) is 23.6 Å². The second-order valence-electron chi connectivity index (χ2n) is 4.14. The van der Waals surface area contributed by atoms with E-state index in [1.165, 1.54) is 4.88 Å². The number of thiophene rings is 1. The number of nitrogens with zero attached hydrogens (tertiary/aromatic N) is 2. The topological polar surface area (TPSA) is 47.0 Å². The average Bonchev–Trinajstić information content (AvgIpc) is 2.82. The molecule has 0 aliphatic heterocycles. The van der Waals surface area contributed by atoms with Gasteiger partial charge in [0.15, 0.2) is 0 Å². The van der Waals surface area contributed by atoms with E-state index in [9.17, 15) is 0 Å². The fourth-order valence-corrected chi connectivity index (χ4v) is 2.20. The SMILES string of the molecule is CC(C)Oc1ccnc(NCCc2cccs2)n1. The molecule has 0 aliphatic carbocycles. The van der Waals surface area contributed by atoms with Crippen LogP contribution >= 0.6 is 11.3 Å². The van der Waals surface area contributed by atoms with E-state index in [-0.39, 0.29) is 6.10 Å². The summed E-state index contributed by atoms with van der Waals surface area (Å²) in [4.78, 5) is 9.82. The zero-order valence-corrected chi connectivity index (χ0v) is 11.4. The van der Waals surface area contributed by atoms with Crippen molar-refractivity contribution in [2.75, 3.05) is 11.9 Å². The van der Waals surface area contributed by atoms with Crippen molar-refractivity contribution < 1.29 is 4.74 Å². The number of nitrogens with one attached hydrogen (secondary N) is 1. The van der Waals surface area contributed by atoms with Gasteiger partial charge in [0.2, 0.25) is 11.8 Å². The first-order valence-electron chi connectivity index (χ1n) is 6.00. The quantitative estimate of drug-likeness (QED) is 0.870. The third kappa shape index (κ3) is 4.00. The van der Waals surface area contributed by atoms with Gasteiger partial charge in [-0.2, -0.15) is 4.98 Å². The minimum absolute atomic E-state index is 0.124. The molecule has 0 saturated heterocycles. The molecule has 0 amide bonds. The summed E-state index contributed by atoms with van der Waals surface area (Å²) in [7, 11) is 0. The van der Waals surface area contributed by atoms with Crippen LogP contribution in [0, 0.1) is 0 Å². The van der Waals surface area contributed by atoms with Gasteiger partial charge in [-0.25, -0.2) is 4.98 Å². The summed E-state index contributed by atoms with van der Waals surface area (Å²) in [5.74, 6) is 1.23. The molecular weight excluding hydrogens is 246 g/mol. The normalized spacial score (nSPS) is 10.6. The lowest BCUT2D eigenvalue weighted by Crippen LogP contribution is -2.10. The third-order valence-corrected chi connectivity index (χ3v) is 3.16. The fraction of sp³-hybridized carbons (Fsp3) is 0.385. The molecule has 0 spiro atoms. The molecule has 0 aliphatic rings. The maximum atomic E-state index is 5.52. The summed E-state index contributed by atoms with van der Waals surface area (Å²) in [5, 5.41) is 5.29. The number of rotatable bonds is 6. The van der Waals surface area contributed by atoms with Crippen LogP contribution in [-0.2, 0) is 6.42 Å². The number of ether oxygens (including phenoxy) is 1. The summed E-state index contributed by atoms with van der Waals surface area (Å²) in [5.41, 5.74) is 0. The predicted octanol–water partition coefficient (Wildman–Crippen LogP) is 2.98. The Morgan fingerprint density at radius 2 is 2.28 bits per heavy atom. The van der Waals surface area contributed by atoms with Crippen LogP contribution in [0.1, 0.15) is 18.7 Å². The van der Waals surface area contributed by atoms with E-state index >= 15 is 0 Å². The van der Waals surface area contributed by atoms with E-state index < -0.39 is 0 Å². The smallest absolute Gasteiger partial charge is 0.225 e.